The highest BCUT2D eigenvalue weighted by atomic mass is 32.1. The van der Waals surface area contributed by atoms with E-state index in [2.05, 4.69) is 19.2 Å². The van der Waals surface area contributed by atoms with Crippen LogP contribution in [0.4, 0.5) is 0 Å². The van der Waals surface area contributed by atoms with Crippen LogP contribution in [0.25, 0.3) is 6.08 Å². The lowest BCUT2D eigenvalue weighted by Crippen LogP contribution is -2.33. The average molecular weight is 280 g/mol. The summed E-state index contributed by atoms with van der Waals surface area (Å²) in [5.74, 6) is 0.372. The van der Waals surface area contributed by atoms with Gasteiger partial charge in [0.25, 0.3) is 5.91 Å². The van der Waals surface area contributed by atoms with E-state index in [1.165, 1.54) is 4.88 Å². The van der Waals surface area contributed by atoms with Gasteiger partial charge < -0.3 is 5.32 Å². The first-order valence-corrected chi connectivity index (χ1v) is 7.11. The second-order valence-corrected chi connectivity index (χ2v) is 6.45. The molecule has 1 aromatic rings. The Morgan fingerprint density at radius 2 is 2.22 bits per heavy atom. The summed E-state index contributed by atoms with van der Waals surface area (Å²) in [4.78, 5) is 16.1. The molecule has 0 radical (unpaired) electrons. The molecule has 1 saturated heterocycles. The van der Waals surface area contributed by atoms with Gasteiger partial charge in [0, 0.05) is 16.3 Å². The number of amides is 1. The summed E-state index contributed by atoms with van der Waals surface area (Å²) in [6.45, 7) is 6.85. The van der Waals surface area contributed by atoms with Crippen LogP contribution < -0.4 is 5.32 Å². The van der Waals surface area contributed by atoms with Crippen LogP contribution in [-0.2, 0) is 4.79 Å². The summed E-state index contributed by atoms with van der Waals surface area (Å²) < 4.78 is 0. The van der Waals surface area contributed by atoms with Gasteiger partial charge in [-0.25, -0.2) is 0 Å². The van der Waals surface area contributed by atoms with E-state index in [1.807, 2.05) is 25.1 Å². The standard InChI is InChI=1S/C13H16N2OS2/c1-8(2)7-15-12(16)11(14-13(15)17)6-10-5-4-9(3)18-10/h4-6,8H,7H2,1-3H3,(H,14,17). The predicted molar refractivity (Wildman–Crippen MR) is 79.3 cm³/mol. The number of hydrogen-bond acceptors (Lipinski definition) is 3. The Morgan fingerprint density at radius 3 is 2.78 bits per heavy atom. The van der Waals surface area contributed by atoms with E-state index in [1.54, 1.807) is 16.2 Å². The van der Waals surface area contributed by atoms with E-state index < -0.39 is 0 Å². The Labute approximate surface area is 116 Å². The molecule has 1 aliphatic heterocycles. The quantitative estimate of drug-likeness (QED) is 0.682. The normalized spacial score (nSPS) is 18.0. The van der Waals surface area contributed by atoms with Gasteiger partial charge in [-0.2, -0.15) is 0 Å². The third kappa shape index (κ3) is 2.79. The Bertz CT molecular complexity index is 517. The topological polar surface area (TPSA) is 32.3 Å². The summed E-state index contributed by atoms with van der Waals surface area (Å²) in [5, 5.41) is 3.50. The maximum Gasteiger partial charge on any atom is 0.276 e. The highest BCUT2D eigenvalue weighted by molar-refractivity contribution is 7.80. The van der Waals surface area contributed by atoms with Crippen LogP contribution in [0.2, 0.25) is 0 Å². The van der Waals surface area contributed by atoms with Crippen LogP contribution >= 0.6 is 23.6 Å². The number of thiophene rings is 1. The molecule has 0 atom stereocenters. The molecule has 1 fully saturated rings. The van der Waals surface area contributed by atoms with Crippen LogP contribution in [0.1, 0.15) is 23.6 Å². The molecule has 0 unspecified atom stereocenters. The molecule has 2 heterocycles. The maximum atomic E-state index is 12.2. The zero-order valence-electron chi connectivity index (χ0n) is 10.7. The second kappa shape index (κ2) is 5.20. The number of rotatable bonds is 3. The fraction of sp³-hybridized carbons (Fsp3) is 0.385. The molecule has 0 bridgehead atoms. The van der Waals surface area contributed by atoms with Gasteiger partial charge in [0.2, 0.25) is 0 Å². The molecule has 1 aliphatic rings. The highest BCUT2D eigenvalue weighted by Crippen LogP contribution is 2.20. The molecule has 1 N–H and O–H groups in total. The largest absolute Gasteiger partial charge is 0.328 e. The van der Waals surface area contributed by atoms with Crippen molar-refractivity contribution >= 4 is 40.7 Å². The fourth-order valence-electron chi connectivity index (χ4n) is 1.78. The zero-order valence-corrected chi connectivity index (χ0v) is 12.3. The fourth-order valence-corrected chi connectivity index (χ4v) is 2.86. The first kappa shape index (κ1) is 13.2. The first-order valence-electron chi connectivity index (χ1n) is 5.88. The average Bonchev–Trinajstić information content (AvgIpc) is 2.78. The number of aryl methyl sites for hydroxylation is 1. The van der Waals surface area contributed by atoms with Crippen LogP contribution in [0.15, 0.2) is 17.8 Å². The third-order valence-corrected chi connectivity index (χ3v) is 3.83. The lowest BCUT2D eigenvalue weighted by atomic mass is 10.2. The minimum Gasteiger partial charge on any atom is -0.328 e. The van der Waals surface area contributed by atoms with Crippen molar-refractivity contribution in [3.05, 3.63) is 27.6 Å². The molecule has 96 valence electrons. The van der Waals surface area contributed by atoms with Crippen molar-refractivity contribution < 1.29 is 4.79 Å². The van der Waals surface area contributed by atoms with Crippen molar-refractivity contribution in [1.82, 2.24) is 10.2 Å². The van der Waals surface area contributed by atoms with Crippen molar-refractivity contribution in [2.24, 2.45) is 5.92 Å². The number of nitrogens with one attached hydrogen (secondary N) is 1. The number of nitrogens with zero attached hydrogens (tertiary/aromatic N) is 1. The van der Waals surface area contributed by atoms with Crippen LogP contribution in [-0.4, -0.2) is 22.5 Å². The van der Waals surface area contributed by atoms with E-state index in [0.29, 0.717) is 23.3 Å². The van der Waals surface area contributed by atoms with E-state index in [4.69, 9.17) is 12.2 Å². The monoisotopic (exact) mass is 280 g/mol. The van der Waals surface area contributed by atoms with Crippen LogP contribution in [0.5, 0.6) is 0 Å². The SMILES string of the molecule is Cc1ccc(C=C2NC(=S)N(CC(C)C)C2=O)s1. The van der Waals surface area contributed by atoms with Crippen LogP contribution in [0, 0.1) is 12.8 Å². The van der Waals surface area contributed by atoms with Gasteiger partial charge in [-0.1, -0.05) is 13.8 Å². The van der Waals surface area contributed by atoms with E-state index >= 15 is 0 Å². The van der Waals surface area contributed by atoms with E-state index in [0.717, 1.165) is 4.88 Å². The molecule has 3 nitrogen and oxygen atoms in total. The molecule has 1 amide bonds. The Morgan fingerprint density at radius 1 is 1.50 bits per heavy atom. The number of hydrogen-bond donors (Lipinski definition) is 1. The number of thiocarbonyl (C=S) groups is 1. The van der Waals surface area contributed by atoms with Crippen molar-refractivity contribution in [2.45, 2.75) is 20.8 Å². The second-order valence-electron chi connectivity index (χ2n) is 4.75. The minimum atomic E-state index is -0.0280. The molecule has 0 aliphatic carbocycles. The Balaban J connectivity index is 2.19. The molecule has 0 saturated carbocycles. The molecule has 5 heteroatoms. The summed E-state index contributed by atoms with van der Waals surface area (Å²) in [6.07, 6.45) is 1.87. The van der Waals surface area contributed by atoms with E-state index in [-0.39, 0.29) is 5.91 Å². The van der Waals surface area contributed by atoms with Crippen molar-refractivity contribution in [1.29, 1.82) is 0 Å². The summed E-state index contributed by atoms with van der Waals surface area (Å²) in [7, 11) is 0. The van der Waals surface area contributed by atoms with Gasteiger partial charge in [-0.05, 0) is 43.3 Å². The van der Waals surface area contributed by atoms with Crippen molar-refractivity contribution in [3.63, 3.8) is 0 Å². The molecule has 1 aromatic heterocycles. The summed E-state index contributed by atoms with van der Waals surface area (Å²) in [5.41, 5.74) is 0.572. The van der Waals surface area contributed by atoms with Gasteiger partial charge in [0.1, 0.15) is 5.70 Å². The molecule has 0 aromatic carbocycles. The Hall–Kier alpha value is -1.20. The van der Waals surface area contributed by atoms with Gasteiger partial charge in [-0.3, -0.25) is 9.69 Å². The summed E-state index contributed by atoms with van der Waals surface area (Å²) in [6, 6.07) is 4.05. The minimum absolute atomic E-state index is 0.0280. The molecular formula is C13H16N2OS2. The molecule has 2 rings (SSSR count). The number of carbonyl (C=O) groups excluding carboxylic acids is 1. The lowest BCUT2D eigenvalue weighted by molar-refractivity contribution is -0.122. The lowest BCUT2D eigenvalue weighted by Gasteiger charge is -2.15. The van der Waals surface area contributed by atoms with Crippen molar-refractivity contribution in [2.75, 3.05) is 6.54 Å². The maximum absolute atomic E-state index is 12.2. The molecular weight excluding hydrogens is 264 g/mol. The highest BCUT2D eigenvalue weighted by Gasteiger charge is 2.30. The predicted octanol–water partition coefficient (Wildman–Crippen LogP) is 2.77. The Kier molecular flexibility index (Phi) is 3.82. The van der Waals surface area contributed by atoms with Gasteiger partial charge in [0.15, 0.2) is 5.11 Å². The van der Waals surface area contributed by atoms with Gasteiger partial charge >= 0.3 is 0 Å². The third-order valence-electron chi connectivity index (χ3n) is 2.56. The first-order chi connectivity index (χ1) is 8.47. The smallest absolute Gasteiger partial charge is 0.276 e. The van der Waals surface area contributed by atoms with Gasteiger partial charge in [-0.15, -0.1) is 11.3 Å². The molecule has 18 heavy (non-hydrogen) atoms. The van der Waals surface area contributed by atoms with Gasteiger partial charge in [0.05, 0.1) is 0 Å². The summed E-state index contributed by atoms with van der Waals surface area (Å²) >= 11 is 6.85. The number of carbonyl (C=O) groups is 1. The van der Waals surface area contributed by atoms with Crippen LogP contribution in [0.3, 0.4) is 0 Å². The van der Waals surface area contributed by atoms with E-state index in [9.17, 15) is 4.79 Å². The zero-order chi connectivity index (χ0) is 13.3. The van der Waals surface area contributed by atoms with Crippen molar-refractivity contribution in [3.8, 4) is 0 Å². The molecule has 0 spiro atoms.